The van der Waals surface area contributed by atoms with Crippen molar-refractivity contribution in [3.8, 4) is 22.9 Å². The van der Waals surface area contributed by atoms with Gasteiger partial charge in [0.2, 0.25) is 11.8 Å². The van der Waals surface area contributed by atoms with Crippen LogP contribution in [-0.4, -0.2) is 53.5 Å². The number of hydrogen-bond donors (Lipinski definition) is 1. The standard InChI is InChI=1S/C29H29F2N5O5/c1-4-23(37)34-20-13-33-36(15-17-6-5-9-41-17)26(20)19-10-18-16(12-32-19)14-35(28(38)29(18)7-8-29)27-24(30)21(39-2)11-22(40-3)25(27)31/h4,10-13,17H,1,5-9,14-15H2,2-3H3,(H,34,37)/t17-/m0/s1. The highest BCUT2D eigenvalue weighted by molar-refractivity contribution is 6.06. The van der Waals surface area contributed by atoms with E-state index in [4.69, 9.17) is 14.2 Å². The molecule has 2 aliphatic heterocycles. The van der Waals surface area contributed by atoms with Crippen LogP contribution in [0.25, 0.3) is 11.4 Å². The van der Waals surface area contributed by atoms with Crippen LogP contribution in [0.5, 0.6) is 11.5 Å². The number of benzene rings is 1. The second-order valence-corrected chi connectivity index (χ2v) is 10.4. The SMILES string of the molecule is C=CC(=O)Nc1cnn(C[C@@H]2CCCO2)c1-c1cc2c(cn1)CN(c1c(F)c(OC)cc(OC)c1F)C(=O)C21CC1. The number of nitrogens with zero attached hydrogens (tertiary/aromatic N) is 4. The molecule has 6 rings (SSSR count). The minimum atomic E-state index is -0.983. The van der Waals surface area contributed by atoms with Crippen LogP contribution < -0.4 is 19.7 Å². The second-order valence-electron chi connectivity index (χ2n) is 10.4. The lowest BCUT2D eigenvalue weighted by Gasteiger charge is -2.35. The number of nitrogens with one attached hydrogen (secondary N) is 1. The van der Waals surface area contributed by atoms with Gasteiger partial charge in [0.05, 0.1) is 56.4 Å². The van der Waals surface area contributed by atoms with Crippen LogP contribution in [-0.2, 0) is 32.8 Å². The molecule has 4 heterocycles. The zero-order valence-electron chi connectivity index (χ0n) is 22.7. The summed E-state index contributed by atoms with van der Waals surface area (Å²) in [6.45, 7) is 4.57. The Morgan fingerprint density at radius 3 is 2.56 bits per heavy atom. The Bertz CT molecular complexity index is 1530. The Hall–Kier alpha value is -4.32. The first-order chi connectivity index (χ1) is 19.8. The number of methoxy groups -OCH3 is 2. The van der Waals surface area contributed by atoms with Crippen LogP contribution in [0.15, 0.2) is 37.2 Å². The van der Waals surface area contributed by atoms with E-state index in [9.17, 15) is 9.59 Å². The van der Waals surface area contributed by atoms with Crippen LogP contribution in [0.4, 0.5) is 20.2 Å². The van der Waals surface area contributed by atoms with E-state index in [0.717, 1.165) is 29.4 Å². The molecule has 1 aliphatic carbocycles. The van der Waals surface area contributed by atoms with E-state index in [1.54, 1.807) is 17.1 Å². The normalized spacial score (nSPS) is 18.8. The fourth-order valence-electron chi connectivity index (χ4n) is 5.75. The first-order valence-corrected chi connectivity index (χ1v) is 13.3. The average Bonchev–Trinajstić information content (AvgIpc) is 3.42. The number of amides is 2. The Balaban J connectivity index is 1.43. The lowest BCUT2D eigenvalue weighted by atomic mass is 9.86. The number of aromatic nitrogens is 3. The molecule has 2 amide bonds. The topological polar surface area (TPSA) is 108 Å². The molecule has 41 heavy (non-hydrogen) atoms. The van der Waals surface area contributed by atoms with Gasteiger partial charge in [0, 0.05) is 18.9 Å². The first kappa shape index (κ1) is 26.9. The van der Waals surface area contributed by atoms with Gasteiger partial charge in [0.1, 0.15) is 11.4 Å². The zero-order valence-corrected chi connectivity index (χ0v) is 22.7. The van der Waals surface area contributed by atoms with E-state index in [1.807, 2.05) is 6.07 Å². The molecule has 3 aromatic rings. The summed E-state index contributed by atoms with van der Waals surface area (Å²) in [6, 6.07) is 2.93. The molecule has 10 nitrogen and oxygen atoms in total. The maximum atomic E-state index is 15.4. The van der Waals surface area contributed by atoms with Gasteiger partial charge in [-0.25, -0.2) is 8.78 Å². The highest BCUT2D eigenvalue weighted by atomic mass is 19.1. The lowest BCUT2D eigenvalue weighted by molar-refractivity contribution is -0.121. The van der Waals surface area contributed by atoms with Gasteiger partial charge < -0.3 is 24.4 Å². The lowest BCUT2D eigenvalue weighted by Crippen LogP contribution is -2.45. The Morgan fingerprint density at radius 2 is 1.95 bits per heavy atom. The fourth-order valence-corrected chi connectivity index (χ4v) is 5.75. The second kappa shape index (κ2) is 10.3. The van der Waals surface area contributed by atoms with E-state index < -0.39 is 34.6 Å². The van der Waals surface area contributed by atoms with Crippen molar-refractivity contribution in [1.29, 1.82) is 0 Å². The van der Waals surface area contributed by atoms with Crippen LogP contribution in [0.2, 0.25) is 0 Å². The van der Waals surface area contributed by atoms with Gasteiger partial charge >= 0.3 is 0 Å². The molecule has 1 saturated heterocycles. The first-order valence-electron chi connectivity index (χ1n) is 13.3. The van der Waals surface area contributed by atoms with Crippen molar-refractivity contribution < 1.29 is 32.6 Å². The third kappa shape index (κ3) is 4.42. The highest BCUT2D eigenvalue weighted by Gasteiger charge is 2.57. The predicted molar refractivity (Wildman–Crippen MR) is 145 cm³/mol. The molecular weight excluding hydrogens is 536 g/mol. The van der Waals surface area contributed by atoms with Gasteiger partial charge in [-0.05, 0) is 49.0 Å². The van der Waals surface area contributed by atoms with Crippen LogP contribution in [0, 0.1) is 11.6 Å². The van der Waals surface area contributed by atoms with Crippen molar-refractivity contribution in [3.63, 3.8) is 0 Å². The molecule has 1 N–H and O–H groups in total. The maximum absolute atomic E-state index is 15.4. The van der Waals surface area contributed by atoms with Crippen molar-refractivity contribution in [3.05, 3.63) is 59.9 Å². The molecular formula is C29H29F2N5O5. The molecule has 0 bridgehead atoms. The molecule has 0 unspecified atom stereocenters. The van der Waals surface area contributed by atoms with Gasteiger partial charge in [-0.3, -0.25) is 19.3 Å². The number of rotatable bonds is 8. The molecule has 12 heteroatoms. The molecule has 214 valence electrons. The highest BCUT2D eigenvalue weighted by Crippen LogP contribution is 2.55. The minimum Gasteiger partial charge on any atom is -0.493 e. The molecule has 1 spiro atoms. The minimum absolute atomic E-state index is 0.0243. The van der Waals surface area contributed by atoms with E-state index in [2.05, 4.69) is 22.0 Å². The number of hydrogen-bond acceptors (Lipinski definition) is 7. The van der Waals surface area contributed by atoms with Crippen molar-refractivity contribution in [1.82, 2.24) is 14.8 Å². The quantitative estimate of drug-likeness (QED) is 0.410. The number of anilines is 2. The largest absolute Gasteiger partial charge is 0.493 e. The van der Waals surface area contributed by atoms with Gasteiger partial charge in [-0.2, -0.15) is 5.10 Å². The van der Waals surface area contributed by atoms with Crippen LogP contribution >= 0.6 is 0 Å². The molecule has 1 saturated carbocycles. The summed E-state index contributed by atoms with van der Waals surface area (Å²) in [5.74, 6) is -3.24. The Labute approximate surface area is 234 Å². The van der Waals surface area contributed by atoms with E-state index >= 15 is 8.78 Å². The zero-order chi connectivity index (χ0) is 28.9. The fraction of sp³-hybridized carbons (Fsp3) is 0.379. The number of fused-ring (bicyclic) bond motifs is 2. The summed E-state index contributed by atoms with van der Waals surface area (Å²) in [4.78, 5) is 31.9. The van der Waals surface area contributed by atoms with Gasteiger partial charge in [0.15, 0.2) is 23.1 Å². The summed E-state index contributed by atoms with van der Waals surface area (Å²) < 4.78 is 48.5. The van der Waals surface area contributed by atoms with Crippen LogP contribution in [0.1, 0.15) is 36.8 Å². The van der Waals surface area contributed by atoms with E-state index in [0.29, 0.717) is 48.6 Å². The van der Waals surface area contributed by atoms with Crippen molar-refractivity contribution >= 4 is 23.2 Å². The summed E-state index contributed by atoms with van der Waals surface area (Å²) in [5.41, 5.74) is 1.45. The molecule has 1 atom stereocenters. The van der Waals surface area contributed by atoms with E-state index in [1.165, 1.54) is 20.3 Å². The van der Waals surface area contributed by atoms with E-state index in [-0.39, 0.29) is 24.1 Å². The third-order valence-electron chi connectivity index (χ3n) is 7.98. The number of pyridine rings is 1. The van der Waals surface area contributed by atoms with Crippen molar-refractivity contribution in [2.45, 2.75) is 50.3 Å². The summed E-state index contributed by atoms with van der Waals surface area (Å²) in [7, 11) is 2.52. The monoisotopic (exact) mass is 565 g/mol. The molecule has 0 radical (unpaired) electrons. The van der Waals surface area contributed by atoms with Crippen molar-refractivity contribution in [2.75, 3.05) is 31.0 Å². The number of ether oxygens (including phenoxy) is 3. The average molecular weight is 566 g/mol. The molecule has 1 aromatic carbocycles. The number of carbonyl (C=O) groups excluding carboxylic acids is 2. The number of carbonyl (C=O) groups is 2. The van der Waals surface area contributed by atoms with Gasteiger partial charge in [-0.1, -0.05) is 6.58 Å². The smallest absolute Gasteiger partial charge is 0.247 e. The molecule has 3 aliphatic rings. The summed E-state index contributed by atoms with van der Waals surface area (Å²) in [6.07, 6.45) is 7.18. The third-order valence-corrected chi connectivity index (χ3v) is 7.98. The van der Waals surface area contributed by atoms with Gasteiger partial charge in [-0.15, -0.1) is 0 Å². The van der Waals surface area contributed by atoms with Crippen molar-refractivity contribution in [2.24, 2.45) is 0 Å². The molecule has 2 aromatic heterocycles. The summed E-state index contributed by atoms with van der Waals surface area (Å²) in [5, 5.41) is 7.28. The predicted octanol–water partition coefficient (Wildman–Crippen LogP) is 4.12. The summed E-state index contributed by atoms with van der Waals surface area (Å²) >= 11 is 0. The van der Waals surface area contributed by atoms with Crippen LogP contribution in [0.3, 0.4) is 0 Å². The maximum Gasteiger partial charge on any atom is 0.247 e. The Morgan fingerprint density at radius 1 is 1.22 bits per heavy atom. The molecule has 2 fully saturated rings. The van der Waals surface area contributed by atoms with Gasteiger partial charge in [0.25, 0.3) is 0 Å². The Kier molecular flexibility index (Phi) is 6.72. The number of halogens is 2.